The number of rotatable bonds is 5. The molecule has 1 nitrogen and oxygen atoms in total. The summed E-state index contributed by atoms with van der Waals surface area (Å²) >= 11 is 0. The Labute approximate surface area is 164 Å². The second-order valence-electron chi connectivity index (χ2n) is 7.51. The summed E-state index contributed by atoms with van der Waals surface area (Å²) in [6.07, 6.45) is 6.68. The van der Waals surface area contributed by atoms with Gasteiger partial charge in [0.05, 0.1) is 0 Å². The molecule has 1 N–H and O–H groups in total. The molecular weight excluding hydrogens is 345 g/mol. The number of benzene rings is 3. The van der Waals surface area contributed by atoms with Crippen LogP contribution >= 0.6 is 7.92 Å². The predicted molar refractivity (Wildman–Crippen MR) is 120 cm³/mol. The lowest BCUT2D eigenvalue weighted by Crippen LogP contribution is -2.28. The van der Waals surface area contributed by atoms with Gasteiger partial charge in [-0.05, 0) is 49.9 Å². The van der Waals surface area contributed by atoms with Gasteiger partial charge in [-0.15, -0.1) is 0 Å². The molecule has 3 aromatic rings. The van der Waals surface area contributed by atoms with E-state index in [2.05, 4.69) is 91.1 Å². The Balaban J connectivity index is 1.77. The van der Waals surface area contributed by atoms with Crippen molar-refractivity contribution in [1.82, 2.24) is 0 Å². The van der Waals surface area contributed by atoms with Gasteiger partial charge in [-0.25, -0.2) is 0 Å². The van der Waals surface area contributed by atoms with Gasteiger partial charge in [-0.3, -0.25) is 0 Å². The van der Waals surface area contributed by atoms with Gasteiger partial charge >= 0.3 is 0 Å². The molecule has 0 unspecified atom stereocenters. The first-order chi connectivity index (χ1) is 13.3. The number of nitrogens with one attached hydrogen (secondary N) is 1. The van der Waals surface area contributed by atoms with E-state index >= 15 is 0 Å². The van der Waals surface area contributed by atoms with Crippen LogP contribution in [0.25, 0.3) is 0 Å². The molecular formula is C25H28NP. The van der Waals surface area contributed by atoms with Crippen molar-refractivity contribution in [2.24, 2.45) is 0 Å². The lowest BCUT2D eigenvalue weighted by molar-refractivity contribution is 0.463. The average molecular weight is 373 g/mol. The summed E-state index contributed by atoms with van der Waals surface area (Å²) < 4.78 is 0. The van der Waals surface area contributed by atoms with E-state index < -0.39 is 7.92 Å². The van der Waals surface area contributed by atoms with Crippen LogP contribution in [-0.2, 0) is 0 Å². The molecule has 0 amide bonds. The first-order valence-corrected chi connectivity index (χ1v) is 11.4. The molecule has 4 rings (SSSR count). The lowest BCUT2D eigenvalue weighted by atomic mass is 9.95. The van der Waals surface area contributed by atoms with E-state index in [0.29, 0.717) is 6.04 Å². The molecule has 138 valence electrons. The van der Waals surface area contributed by atoms with E-state index in [1.165, 1.54) is 59.3 Å². The molecule has 1 fully saturated rings. The largest absolute Gasteiger partial charge is 0.382 e. The molecule has 1 aliphatic carbocycles. The molecule has 1 saturated carbocycles. The van der Waals surface area contributed by atoms with Crippen molar-refractivity contribution in [2.45, 2.75) is 45.1 Å². The summed E-state index contributed by atoms with van der Waals surface area (Å²) in [6.45, 7) is 2.20. The van der Waals surface area contributed by atoms with Gasteiger partial charge in [-0.1, -0.05) is 92.1 Å². The highest BCUT2D eigenvalue weighted by atomic mass is 31.1. The van der Waals surface area contributed by atoms with E-state index in [1.807, 2.05) is 0 Å². The summed E-state index contributed by atoms with van der Waals surface area (Å²) in [7, 11) is -0.569. The van der Waals surface area contributed by atoms with E-state index in [1.54, 1.807) is 0 Å². The maximum atomic E-state index is 3.93. The van der Waals surface area contributed by atoms with Crippen LogP contribution in [0, 0.1) is 6.92 Å². The van der Waals surface area contributed by atoms with Gasteiger partial charge in [0.2, 0.25) is 0 Å². The van der Waals surface area contributed by atoms with Crippen LogP contribution in [0.1, 0.15) is 37.7 Å². The third-order valence-electron chi connectivity index (χ3n) is 5.39. The quantitative estimate of drug-likeness (QED) is 0.583. The highest BCUT2D eigenvalue weighted by molar-refractivity contribution is 7.80. The van der Waals surface area contributed by atoms with Crippen LogP contribution in [0.3, 0.4) is 0 Å². The summed E-state index contributed by atoms with van der Waals surface area (Å²) in [5.74, 6) is 0. The average Bonchev–Trinajstić information content (AvgIpc) is 2.72. The third-order valence-corrected chi connectivity index (χ3v) is 7.89. The fourth-order valence-corrected chi connectivity index (χ4v) is 6.40. The van der Waals surface area contributed by atoms with E-state index in [4.69, 9.17) is 0 Å². The van der Waals surface area contributed by atoms with Gasteiger partial charge in [-0.2, -0.15) is 0 Å². The SMILES string of the molecule is Cc1ccc(P(c2ccccc2)c2ccccc2)c(NC2CCCCC2)c1. The Kier molecular flexibility index (Phi) is 5.90. The van der Waals surface area contributed by atoms with Crippen LogP contribution in [0.4, 0.5) is 5.69 Å². The zero-order valence-corrected chi connectivity index (χ0v) is 17.0. The number of hydrogen-bond acceptors (Lipinski definition) is 1. The van der Waals surface area contributed by atoms with Crippen molar-refractivity contribution >= 4 is 29.5 Å². The van der Waals surface area contributed by atoms with Crippen LogP contribution in [-0.4, -0.2) is 6.04 Å². The summed E-state index contributed by atoms with van der Waals surface area (Å²) in [4.78, 5) is 0. The van der Waals surface area contributed by atoms with Crippen molar-refractivity contribution in [3.8, 4) is 0 Å². The Morgan fingerprint density at radius 2 is 1.33 bits per heavy atom. The van der Waals surface area contributed by atoms with Crippen LogP contribution in [0.2, 0.25) is 0 Å². The molecule has 0 radical (unpaired) electrons. The number of aryl methyl sites for hydroxylation is 1. The minimum atomic E-state index is -0.569. The normalized spacial score (nSPS) is 15.0. The predicted octanol–water partition coefficient (Wildman–Crippen LogP) is 5.50. The maximum absolute atomic E-state index is 3.93. The molecule has 2 heteroatoms. The standard InChI is InChI=1S/C25H28NP/c1-20-17-18-25(24(19-20)26-21-11-5-2-6-12-21)27(22-13-7-3-8-14-22)23-15-9-4-10-16-23/h3-4,7-10,13-19,21,26H,2,5-6,11-12H2,1H3. The number of anilines is 1. The molecule has 0 aliphatic heterocycles. The minimum Gasteiger partial charge on any atom is -0.382 e. The molecule has 0 heterocycles. The van der Waals surface area contributed by atoms with Crippen molar-refractivity contribution in [3.63, 3.8) is 0 Å². The van der Waals surface area contributed by atoms with Crippen molar-refractivity contribution < 1.29 is 0 Å². The minimum absolute atomic E-state index is 0.569. The fourth-order valence-electron chi connectivity index (χ4n) is 4.01. The van der Waals surface area contributed by atoms with Gasteiger partial charge in [0.25, 0.3) is 0 Å². The molecule has 27 heavy (non-hydrogen) atoms. The van der Waals surface area contributed by atoms with E-state index in [9.17, 15) is 0 Å². The Hall–Kier alpha value is -2.11. The Morgan fingerprint density at radius 3 is 1.93 bits per heavy atom. The van der Waals surface area contributed by atoms with Crippen molar-refractivity contribution in [3.05, 3.63) is 84.4 Å². The van der Waals surface area contributed by atoms with Gasteiger partial charge in [0, 0.05) is 17.0 Å². The smallest absolute Gasteiger partial charge is 0.0429 e. The highest BCUT2D eigenvalue weighted by Crippen LogP contribution is 2.36. The topological polar surface area (TPSA) is 12.0 Å². The molecule has 0 spiro atoms. The fraction of sp³-hybridized carbons (Fsp3) is 0.280. The molecule has 1 aliphatic rings. The summed E-state index contributed by atoms with van der Waals surface area (Å²) in [6, 6.07) is 29.6. The van der Waals surface area contributed by atoms with Crippen LogP contribution in [0.15, 0.2) is 78.9 Å². The third kappa shape index (κ3) is 4.42. The maximum Gasteiger partial charge on any atom is 0.0429 e. The van der Waals surface area contributed by atoms with Gasteiger partial charge in [0.1, 0.15) is 0 Å². The van der Waals surface area contributed by atoms with Crippen LogP contribution < -0.4 is 21.2 Å². The molecule has 3 aromatic carbocycles. The lowest BCUT2D eigenvalue weighted by Gasteiger charge is -2.28. The first-order valence-electron chi connectivity index (χ1n) is 10.1. The van der Waals surface area contributed by atoms with Crippen LogP contribution in [0.5, 0.6) is 0 Å². The number of hydrogen-bond donors (Lipinski definition) is 1. The van der Waals surface area contributed by atoms with Crippen molar-refractivity contribution in [1.29, 1.82) is 0 Å². The Bertz CT molecular complexity index is 815. The van der Waals surface area contributed by atoms with Gasteiger partial charge < -0.3 is 5.32 Å². The molecule has 0 saturated heterocycles. The highest BCUT2D eigenvalue weighted by Gasteiger charge is 2.21. The first kappa shape index (κ1) is 18.3. The summed E-state index contributed by atoms with van der Waals surface area (Å²) in [5.41, 5.74) is 2.66. The Morgan fingerprint density at radius 1 is 0.741 bits per heavy atom. The van der Waals surface area contributed by atoms with E-state index in [0.717, 1.165) is 0 Å². The van der Waals surface area contributed by atoms with Gasteiger partial charge in [0.15, 0.2) is 0 Å². The zero-order chi connectivity index (χ0) is 18.5. The summed E-state index contributed by atoms with van der Waals surface area (Å²) in [5, 5.41) is 8.19. The molecule has 0 bridgehead atoms. The van der Waals surface area contributed by atoms with E-state index in [-0.39, 0.29) is 0 Å². The van der Waals surface area contributed by atoms with Crippen molar-refractivity contribution in [2.75, 3.05) is 5.32 Å². The molecule has 0 atom stereocenters. The molecule has 0 aromatic heterocycles. The second-order valence-corrected chi connectivity index (χ2v) is 9.69. The monoisotopic (exact) mass is 373 g/mol. The zero-order valence-electron chi connectivity index (χ0n) is 16.1. The second kappa shape index (κ2) is 8.72.